The number of nitrogens with zero attached hydrogens (tertiary/aromatic N) is 3. The van der Waals surface area contributed by atoms with Gasteiger partial charge in [-0.3, -0.25) is 4.79 Å². The first-order valence-corrected chi connectivity index (χ1v) is 11.9. The third-order valence-electron chi connectivity index (χ3n) is 4.52. The van der Waals surface area contributed by atoms with Gasteiger partial charge in [0.2, 0.25) is 15.9 Å². The predicted octanol–water partition coefficient (Wildman–Crippen LogP) is 2.15. The lowest BCUT2D eigenvalue weighted by Gasteiger charge is -2.08. The average molecular weight is 436 g/mol. The second kappa shape index (κ2) is 9.02. The molecule has 3 N–H and O–H groups in total. The standard InChI is InChI=1S/C19H25N5O3S2/c1-3-10-24-17-5-4-15(29(20,26)27)11-16(17)23-18(24)6-7-19(25)21-9-8-14-12-28-13(2)22-14/h4-5,11-12H,3,6-10H2,1-2H3,(H,21,25)(H2,20,26,27). The third kappa shape index (κ3) is 5.40. The third-order valence-corrected chi connectivity index (χ3v) is 6.25. The minimum Gasteiger partial charge on any atom is -0.356 e. The Bertz CT molecular complexity index is 1120. The zero-order valence-corrected chi connectivity index (χ0v) is 18.1. The number of benzene rings is 1. The summed E-state index contributed by atoms with van der Waals surface area (Å²) < 4.78 is 25.2. The van der Waals surface area contributed by atoms with E-state index in [0.717, 1.165) is 35.0 Å². The Morgan fingerprint density at radius 1 is 1.28 bits per heavy atom. The van der Waals surface area contributed by atoms with Gasteiger partial charge >= 0.3 is 0 Å². The van der Waals surface area contributed by atoms with E-state index < -0.39 is 10.0 Å². The Kier molecular flexibility index (Phi) is 6.66. The number of carbonyl (C=O) groups excluding carboxylic acids is 1. The molecule has 29 heavy (non-hydrogen) atoms. The number of aromatic nitrogens is 3. The van der Waals surface area contributed by atoms with Gasteiger partial charge in [-0.05, 0) is 31.5 Å². The number of amides is 1. The SMILES string of the molecule is CCCn1c(CCC(=O)NCCc2csc(C)n2)nc2cc(S(N)(=O)=O)ccc21. The monoisotopic (exact) mass is 435 g/mol. The molecular weight excluding hydrogens is 410 g/mol. The van der Waals surface area contributed by atoms with Gasteiger partial charge in [-0.1, -0.05) is 6.92 Å². The molecule has 0 unspecified atom stereocenters. The number of fused-ring (bicyclic) bond motifs is 1. The first-order chi connectivity index (χ1) is 13.8. The van der Waals surface area contributed by atoms with Crippen LogP contribution in [0.15, 0.2) is 28.5 Å². The van der Waals surface area contributed by atoms with Gasteiger partial charge in [0.25, 0.3) is 0 Å². The summed E-state index contributed by atoms with van der Waals surface area (Å²) in [6.07, 6.45) is 2.39. The molecule has 1 aromatic carbocycles. The molecule has 0 spiro atoms. The summed E-state index contributed by atoms with van der Waals surface area (Å²) in [6.45, 7) is 5.30. The molecule has 0 fully saturated rings. The zero-order chi connectivity index (χ0) is 21.0. The van der Waals surface area contributed by atoms with Crippen LogP contribution in [0.25, 0.3) is 11.0 Å². The summed E-state index contributed by atoms with van der Waals surface area (Å²) in [5.74, 6) is 0.718. The molecule has 0 aliphatic heterocycles. The minimum atomic E-state index is -3.79. The molecule has 10 heteroatoms. The predicted molar refractivity (Wildman–Crippen MR) is 113 cm³/mol. The number of nitrogens with two attached hydrogens (primary N) is 1. The first kappa shape index (κ1) is 21.4. The van der Waals surface area contributed by atoms with Crippen LogP contribution in [0.1, 0.15) is 36.3 Å². The highest BCUT2D eigenvalue weighted by Crippen LogP contribution is 2.21. The Balaban J connectivity index is 1.66. The van der Waals surface area contributed by atoms with Crippen LogP contribution in [-0.4, -0.2) is 35.4 Å². The van der Waals surface area contributed by atoms with Crippen molar-refractivity contribution in [1.82, 2.24) is 19.9 Å². The number of imidazole rings is 1. The van der Waals surface area contributed by atoms with Crippen molar-refractivity contribution in [3.05, 3.63) is 40.1 Å². The van der Waals surface area contributed by atoms with Crippen LogP contribution < -0.4 is 10.5 Å². The molecule has 3 aromatic rings. The van der Waals surface area contributed by atoms with Gasteiger partial charge in [-0.25, -0.2) is 23.5 Å². The number of thiazole rings is 1. The average Bonchev–Trinajstić information content (AvgIpc) is 3.22. The number of nitrogens with one attached hydrogen (secondary N) is 1. The maximum absolute atomic E-state index is 12.2. The smallest absolute Gasteiger partial charge is 0.238 e. The van der Waals surface area contributed by atoms with Gasteiger partial charge in [0.05, 0.1) is 26.6 Å². The summed E-state index contributed by atoms with van der Waals surface area (Å²) in [6, 6.07) is 4.69. The number of carbonyl (C=O) groups is 1. The molecule has 0 radical (unpaired) electrons. The minimum absolute atomic E-state index is 0.0349. The molecule has 8 nitrogen and oxygen atoms in total. The quantitative estimate of drug-likeness (QED) is 0.534. The van der Waals surface area contributed by atoms with Gasteiger partial charge in [0.15, 0.2) is 0 Å². The number of hydrogen-bond donors (Lipinski definition) is 2. The second-order valence-corrected chi connectivity index (χ2v) is 9.46. The summed E-state index contributed by atoms with van der Waals surface area (Å²) in [5.41, 5.74) is 2.40. The van der Waals surface area contributed by atoms with Crippen molar-refractivity contribution in [2.75, 3.05) is 6.54 Å². The molecule has 0 saturated carbocycles. The number of primary sulfonamides is 1. The molecule has 0 saturated heterocycles. The van der Waals surface area contributed by atoms with E-state index in [4.69, 9.17) is 5.14 Å². The highest BCUT2D eigenvalue weighted by molar-refractivity contribution is 7.89. The fraction of sp³-hybridized carbons (Fsp3) is 0.421. The lowest BCUT2D eigenvalue weighted by molar-refractivity contribution is -0.121. The molecule has 2 heterocycles. The highest BCUT2D eigenvalue weighted by Gasteiger charge is 2.15. The van der Waals surface area contributed by atoms with Gasteiger partial charge in [-0.15, -0.1) is 11.3 Å². The Labute approximate surface area is 174 Å². The van der Waals surface area contributed by atoms with Crippen molar-refractivity contribution in [2.24, 2.45) is 5.14 Å². The Morgan fingerprint density at radius 3 is 2.72 bits per heavy atom. The number of hydrogen-bond acceptors (Lipinski definition) is 6. The lowest BCUT2D eigenvalue weighted by atomic mass is 10.2. The highest BCUT2D eigenvalue weighted by atomic mass is 32.2. The molecule has 0 aliphatic rings. The van der Waals surface area contributed by atoms with Crippen LogP contribution in [0.5, 0.6) is 0 Å². The van der Waals surface area contributed by atoms with Crippen LogP contribution in [0, 0.1) is 6.92 Å². The van der Waals surface area contributed by atoms with E-state index in [2.05, 4.69) is 22.2 Å². The fourth-order valence-corrected chi connectivity index (χ4v) is 4.35. The Hall–Kier alpha value is -2.30. The summed E-state index contributed by atoms with van der Waals surface area (Å²) >= 11 is 1.60. The molecule has 0 atom stereocenters. The van der Waals surface area contributed by atoms with Crippen molar-refractivity contribution in [1.29, 1.82) is 0 Å². The van der Waals surface area contributed by atoms with E-state index in [9.17, 15) is 13.2 Å². The summed E-state index contributed by atoms with van der Waals surface area (Å²) in [5, 5.41) is 11.2. The van der Waals surface area contributed by atoms with Crippen molar-refractivity contribution >= 4 is 38.3 Å². The molecule has 1 amide bonds. The van der Waals surface area contributed by atoms with E-state index in [1.54, 1.807) is 17.4 Å². The fourth-order valence-electron chi connectivity index (χ4n) is 3.17. The lowest BCUT2D eigenvalue weighted by Crippen LogP contribution is -2.26. The van der Waals surface area contributed by atoms with Crippen LogP contribution in [0.3, 0.4) is 0 Å². The number of rotatable bonds is 9. The van der Waals surface area contributed by atoms with Crippen LogP contribution in [0.2, 0.25) is 0 Å². The van der Waals surface area contributed by atoms with E-state index in [0.29, 0.717) is 31.3 Å². The van der Waals surface area contributed by atoms with Crippen LogP contribution >= 0.6 is 11.3 Å². The molecule has 2 aromatic heterocycles. The zero-order valence-electron chi connectivity index (χ0n) is 16.5. The van der Waals surface area contributed by atoms with Gasteiger partial charge in [0.1, 0.15) is 5.82 Å². The number of aryl methyl sites for hydroxylation is 3. The largest absolute Gasteiger partial charge is 0.356 e. The van der Waals surface area contributed by atoms with E-state index >= 15 is 0 Å². The van der Waals surface area contributed by atoms with Gasteiger partial charge in [0, 0.05) is 37.7 Å². The summed E-state index contributed by atoms with van der Waals surface area (Å²) in [7, 11) is -3.79. The maximum Gasteiger partial charge on any atom is 0.238 e. The first-order valence-electron chi connectivity index (χ1n) is 9.47. The molecular formula is C19H25N5O3S2. The van der Waals surface area contributed by atoms with E-state index in [-0.39, 0.29) is 10.8 Å². The van der Waals surface area contributed by atoms with E-state index in [1.165, 1.54) is 12.1 Å². The van der Waals surface area contributed by atoms with Crippen molar-refractivity contribution in [2.45, 2.75) is 51.0 Å². The number of sulfonamides is 1. The van der Waals surface area contributed by atoms with Crippen molar-refractivity contribution in [3.63, 3.8) is 0 Å². The Morgan fingerprint density at radius 2 is 2.07 bits per heavy atom. The maximum atomic E-state index is 12.2. The van der Waals surface area contributed by atoms with Gasteiger partial charge in [-0.2, -0.15) is 0 Å². The van der Waals surface area contributed by atoms with Crippen LogP contribution in [0.4, 0.5) is 0 Å². The van der Waals surface area contributed by atoms with Crippen molar-refractivity contribution < 1.29 is 13.2 Å². The molecule has 0 bridgehead atoms. The normalized spacial score (nSPS) is 11.8. The second-order valence-electron chi connectivity index (χ2n) is 6.83. The van der Waals surface area contributed by atoms with Crippen LogP contribution in [-0.2, 0) is 34.2 Å². The topological polar surface area (TPSA) is 120 Å². The van der Waals surface area contributed by atoms with Crippen molar-refractivity contribution in [3.8, 4) is 0 Å². The molecule has 0 aliphatic carbocycles. The van der Waals surface area contributed by atoms with E-state index in [1.807, 2.05) is 16.9 Å². The molecule has 3 rings (SSSR count). The van der Waals surface area contributed by atoms with Gasteiger partial charge < -0.3 is 9.88 Å². The molecule has 156 valence electrons. The summed E-state index contributed by atoms with van der Waals surface area (Å²) in [4.78, 5) is 21.2.